The van der Waals surface area contributed by atoms with Crippen molar-refractivity contribution in [2.75, 3.05) is 13.2 Å². The molecule has 2 aromatic heterocycles. The number of fused-ring (bicyclic) bond motifs is 1. The zero-order valence-corrected chi connectivity index (χ0v) is 23.6. The van der Waals surface area contributed by atoms with E-state index in [1.54, 1.807) is 43.3 Å². The number of hydrogen-bond acceptors (Lipinski definition) is 6. The topological polar surface area (TPSA) is 87.7 Å². The van der Waals surface area contributed by atoms with Gasteiger partial charge in [0.1, 0.15) is 5.75 Å². The van der Waals surface area contributed by atoms with Crippen molar-refractivity contribution >= 4 is 23.1 Å². The van der Waals surface area contributed by atoms with E-state index < -0.39 is 23.3 Å². The third-order valence-electron chi connectivity index (χ3n) is 6.74. The first kappa shape index (κ1) is 29.3. The van der Waals surface area contributed by atoms with Crippen LogP contribution in [0.5, 0.6) is 5.75 Å². The van der Waals surface area contributed by atoms with Crippen LogP contribution in [0.1, 0.15) is 29.4 Å². The minimum atomic E-state index is -4.57. The van der Waals surface area contributed by atoms with Gasteiger partial charge in [0.15, 0.2) is 12.4 Å². The number of esters is 1. The summed E-state index contributed by atoms with van der Waals surface area (Å²) in [5, 5.41) is 4.72. The molecule has 0 amide bonds. The van der Waals surface area contributed by atoms with E-state index >= 15 is 0 Å². The molecule has 0 atom stereocenters. The molecule has 0 saturated carbocycles. The predicted molar refractivity (Wildman–Crippen MR) is 157 cm³/mol. The number of hydrogen-bond donors (Lipinski definition) is 0. The summed E-state index contributed by atoms with van der Waals surface area (Å²) >= 11 is 0. The predicted octanol–water partition coefficient (Wildman–Crippen LogP) is 6.31. The summed E-state index contributed by atoms with van der Waals surface area (Å²) in [7, 11) is 0. The molecule has 5 aromatic rings. The summed E-state index contributed by atoms with van der Waals surface area (Å²) in [4.78, 5) is 29.6. The van der Waals surface area contributed by atoms with Crippen LogP contribution >= 0.6 is 0 Å². The van der Waals surface area contributed by atoms with E-state index in [1.807, 2.05) is 36.6 Å². The lowest BCUT2D eigenvalue weighted by atomic mass is 10.1. The van der Waals surface area contributed by atoms with Crippen LogP contribution in [0.3, 0.4) is 0 Å². The summed E-state index contributed by atoms with van der Waals surface area (Å²) in [6, 6.07) is 20.3. The minimum absolute atomic E-state index is 0.0155. The van der Waals surface area contributed by atoms with Crippen LogP contribution in [-0.2, 0) is 15.7 Å². The lowest BCUT2D eigenvalue weighted by molar-refractivity contribution is -0.145. The molecule has 0 bridgehead atoms. The second-order valence-electron chi connectivity index (χ2n) is 9.64. The van der Waals surface area contributed by atoms with Gasteiger partial charge in [0.2, 0.25) is 0 Å². The Morgan fingerprint density at radius 2 is 1.74 bits per heavy atom. The van der Waals surface area contributed by atoms with E-state index in [0.29, 0.717) is 16.8 Å². The van der Waals surface area contributed by atoms with Gasteiger partial charge in [0, 0.05) is 28.2 Å². The quantitative estimate of drug-likeness (QED) is 0.157. The standard InChI is InChI=1S/C32H27F3N4O4/c1-4-42-29(40)19-43-26-14-12-25(13-15-26)38-20(2)16-23(21(38)3)18-36-39-30(22-8-7-9-24(17-22)32(33,34)35)37-28-11-6-5-10-27(28)31(39)41/h5-18H,4,19H2,1-3H3. The Bertz CT molecular complexity index is 1890. The molecule has 8 nitrogen and oxygen atoms in total. The highest BCUT2D eigenvalue weighted by Gasteiger charge is 2.31. The van der Waals surface area contributed by atoms with E-state index in [2.05, 4.69) is 10.1 Å². The molecule has 0 fully saturated rings. The van der Waals surface area contributed by atoms with Crippen molar-refractivity contribution in [2.45, 2.75) is 26.9 Å². The lowest BCUT2D eigenvalue weighted by Gasteiger charge is -2.12. The average Bonchev–Trinajstić information content (AvgIpc) is 3.27. The fourth-order valence-corrected chi connectivity index (χ4v) is 4.72. The lowest BCUT2D eigenvalue weighted by Crippen LogP contribution is -2.20. The molecule has 0 radical (unpaired) electrons. The molecule has 43 heavy (non-hydrogen) atoms. The summed E-state index contributed by atoms with van der Waals surface area (Å²) in [5.74, 6) is 0.0363. The summed E-state index contributed by atoms with van der Waals surface area (Å²) in [5.41, 5.74) is 2.28. The second kappa shape index (κ2) is 12.0. The number of benzene rings is 3. The van der Waals surface area contributed by atoms with Crippen LogP contribution in [0.2, 0.25) is 0 Å². The van der Waals surface area contributed by atoms with E-state index in [1.165, 1.54) is 18.3 Å². The van der Waals surface area contributed by atoms with Gasteiger partial charge in [-0.1, -0.05) is 24.3 Å². The normalized spacial score (nSPS) is 11.8. The zero-order chi connectivity index (χ0) is 30.7. The maximum absolute atomic E-state index is 13.5. The fraction of sp³-hybridized carbons (Fsp3) is 0.188. The van der Waals surface area contributed by atoms with Crippen LogP contribution in [0.15, 0.2) is 88.8 Å². The van der Waals surface area contributed by atoms with E-state index in [0.717, 1.165) is 33.9 Å². The Balaban J connectivity index is 1.51. The number of alkyl halides is 3. The molecule has 0 aliphatic rings. The van der Waals surface area contributed by atoms with Gasteiger partial charge in [-0.05, 0) is 75.4 Å². The number of aryl methyl sites for hydroxylation is 1. The van der Waals surface area contributed by atoms with Gasteiger partial charge in [0.25, 0.3) is 5.56 Å². The molecule has 0 aliphatic heterocycles. The summed E-state index contributed by atoms with van der Waals surface area (Å²) in [6.45, 7) is 5.60. The number of para-hydroxylation sites is 1. The Kier molecular flexibility index (Phi) is 8.16. The highest BCUT2D eigenvalue weighted by Crippen LogP contribution is 2.32. The molecule has 0 N–H and O–H groups in total. The molecule has 11 heteroatoms. The van der Waals surface area contributed by atoms with E-state index in [4.69, 9.17) is 9.47 Å². The zero-order valence-electron chi connectivity index (χ0n) is 23.6. The van der Waals surface area contributed by atoms with Gasteiger partial charge in [-0.15, -0.1) is 0 Å². The maximum atomic E-state index is 13.5. The first-order valence-corrected chi connectivity index (χ1v) is 13.4. The molecule has 0 aliphatic carbocycles. The first-order valence-electron chi connectivity index (χ1n) is 13.4. The monoisotopic (exact) mass is 588 g/mol. The van der Waals surface area contributed by atoms with Gasteiger partial charge in [-0.3, -0.25) is 4.79 Å². The Morgan fingerprint density at radius 1 is 1.00 bits per heavy atom. The number of ether oxygens (including phenoxy) is 2. The molecular formula is C32H27F3N4O4. The molecule has 220 valence electrons. The highest BCUT2D eigenvalue weighted by molar-refractivity contribution is 5.83. The summed E-state index contributed by atoms with van der Waals surface area (Å²) in [6.07, 6.45) is -3.07. The van der Waals surface area contributed by atoms with Crippen molar-refractivity contribution in [3.63, 3.8) is 0 Å². The Labute approximate surface area is 244 Å². The number of carbonyl (C=O) groups excluding carboxylic acids is 1. The molecule has 0 spiro atoms. The van der Waals surface area contributed by atoms with Crippen LogP contribution in [0.25, 0.3) is 28.0 Å². The molecule has 0 unspecified atom stereocenters. The van der Waals surface area contributed by atoms with Gasteiger partial charge in [0.05, 0.1) is 29.3 Å². The number of carbonyl (C=O) groups is 1. The molecular weight excluding hydrogens is 561 g/mol. The van der Waals surface area contributed by atoms with Gasteiger partial charge < -0.3 is 14.0 Å². The van der Waals surface area contributed by atoms with Gasteiger partial charge in [-0.2, -0.15) is 22.9 Å². The molecule has 5 rings (SSSR count). The number of aromatic nitrogens is 3. The van der Waals surface area contributed by atoms with Crippen molar-refractivity contribution in [3.8, 4) is 22.8 Å². The third kappa shape index (κ3) is 6.20. The van der Waals surface area contributed by atoms with Gasteiger partial charge in [-0.25, -0.2) is 9.78 Å². The SMILES string of the molecule is CCOC(=O)COc1ccc(-n2c(C)cc(C=Nn3c(-c4cccc(C(F)(F)F)c4)nc4ccccc4c3=O)c2C)cc1. The van der Waals surface area contributed by atoms with Crippen LogP contribution < -0.4 is 10.3 Å². The first-order chi connectivity index (χ1) is 20.6. The Hall–Kier alpha value is -5.19. The fourth-order valence-electron chi connectivity index (χ4n) is 4.72. The molecule has 0 saturated heterocycles. The van der Waals surface area contributed by atoms with Crippen LogP contribution in [0.4, 0.5) is 13.2 Å². The molecule has 2 heterocycles. The molecule has 3 aromatic carbocycles. The highest BCUT2D eigenvalue weighted by atomic mass is 19.4. The van der Waals surface area contributed by atoms with E-state index in [9.17, 15) is 22.8 Å². The second-order valence-corrected chi connectivity index (χ2v) is 9.64. The minimum Gasteiger partial charge on any atom is -0.482 e. The number of rotatable bonds is 8. The number of halogens is 3. The number of nitrogens with zero attached hydrogens (tertiary/aromatic N) is 4. The Morgan fingerprint density at radius 3 is 2.47 bits per heavy atom. The largest absolute Gasteiger partial charge is 0.482 e. The van der Waals surface area contributed by atoms with Crippen molar-refractivity contribution < 1.29 is 27.4 Å². The summed E-state index contributed by atoms with van der Waals surface area (Å²) < 4.78 is 53.8. The van der Waals surface area contributed by atoms with Crippen molar-refractivity contribution in [3.05, 3.63) is 112 Å². The van der Waals surface area contributed by atoms with Crippen molar-refractivity contribution in [1.29, 1.82) is 0 Å². The van der Waals surface area contributed by atoms with Crippen LogP contribution in [0, 0.1) is 13.8 Å². The maximum Gasteiger partial charge on any atom is 0.416 e. The average molecular weight is 589 g/mol. The third-order valence-corrected chi connectivity index (χ3v) is 6.74. The smallest absolute Gasteiger partial charge is 0.416 e. The van der Waals surface area contributed by atoms with Gasteiger partial charge >= 0.3 is 12.1 Å². The van der Waals surface area contributed by atoms with E-state index in [-0.39, 0.29) is 30.0 Å². The van der Waals surface area contributed by atoms with Crippen molar-refractivity contribution in [1.82, 2.24) is 14.2 Å². The van der Waals surface area contributed by atoms with Crippen molar-refractivity contribution in [2.24, 2.45) is 5.10 Å². The van der Waals surface area contributed by atoms with Crippen LogP contribution in [-0.4, -0.2) is 39.6 Å².